The fourth-order valence-corrected chi connectivity index (χ4v) is 1.19. The molecule has 0 bridgehead atoms. The number of nitrogens with zero attached hydrogens (tertiary/aromatic N) is 1. The predicted octanol–water partition coefficient (Wildman–Crippen LogP) is 2.20. The van der Waals surface area contributed by atoms with Gasteiger partial charge < -0.3 is 4.42 Å². The van der Waals surface area contributed by atoms with Crippen LogP contribution in [0.3, 0.4) is 0 Å². The van der Waals surface area contributed by atoms with Gasteiger partial charge in [-0.3, -0.25) is 0 Å². The highest BCUT2D eigenvalue weighted by atomic mass is 32.2. The van der Waals surface area contributed by atoms with Crippen molar-refractivity contribution in [3.05, 3.63) is 17.7 Å². The largest absolute Gasteiger partial charge is 0.455 e. The van der Waals surface area contributed by atoms with Gasteiger partial charge in [-0.1, -0.05) is 0 Å². The standard InChI is InChI=1S/C6H3NOS/c1-3-8-6-5(1)7-2-4-9-6/h1,3-4H. The Bertz CT molecular complexity index is 283. The molecule has 1 aromatic rings. The minimum Gasteiger partial charge on any atom is -0.455 e. The van der Waals surface area contributed by atoms with Crippen LogP contribution in [0.2, 0.25) is 0 Å². The molecule has 0 aromatic carbocycles. The molecule has 0 aliphatic carbocycles. The number of aliphatic imine (C=N–C) groups is 1. The lowest BCUT2D eigenvalue weighted by Crippen LogP contribution is -1.66. The molecule has 1 aliphatic heterocycles. The molecule has 0 saturated heterocycles. The van der Waals surface area contributed by atoms with Crippen LogP contribution in [0.4, 0.5) is 5.69 Å². The number of fused-ring (bicyclic) bond motifs is 1. The smallest absolute Gasteiger partial charge is 0.191 e. The molecule has 0 atom stereocenters. The van der Waals surface area contributed by atoms with Crippen LogP contribution in [0.1, 0.15) is 0 Å². The normalized spacial score (nSPS) is 13.8. The summed E-state index contributed by atoms with van der Waals surface area (Å²) in [6, 6.07) is 1.82. The Morgan fingerprint density at radius 3 is 3.56 bits per heavy atom. The quantitative estimate of drug-likeness (QED) is 0.547. The predicted molar refractivity (Wildman–Crippen MR) is 36.2 cm³/mol. The van der Waals surface area contributed by atoms with Gasteiger partial charge in [0.2, 0.25) is 0 Å². The van der Waals surface area contributed by atoms with Crippen molar-refractivity contribution in [1.82, 2.24) is 0 Å². The third kappa shape index (κ3) is 0.707. The highest BCUT2D eigenvalue weighted by molar-refractivity contribution is 8.02. The first-order valence-corrected chi connectivity index (χ1v) is 3.37. The molecule has 1 aliphatic rings. The average Bonchev–Trinajstić information content (AvgIpc) is 2.33. The Morgan fingerprint density at radius 2 is 2.67 bits per heavy atom. The summed E-state index contributed by atoms with van der Waals surface area (Å²) in [5.41, 5.74) is 0.877. The maximum atomic E-state index is 5.05. The van der Waals surface area contributed by atoms with E-state index < -0.39 is 0 Å². The van der Waals surface area contributed by atoms with Gasteiger partial charge in [-0.15, -0.1) is 0 Å². The topological polar surface area (TPSA) is 25.5 Å². The summed E-state index contributed by atoms with van der Waals surface area (Å²) in [5.74, 6) is 2.73. The minimum atomic E-state index is 0.855. The molecule has 0 fully saturated rings. The average molecular weight is 137 g/mol. The van der Waals surface area contributed by atoms with Gasteiger partial charge in [0.05, 0.1) is 6.26 Å². The molecule has 2 nitrogen and oxygen atoms in total. The van der Waals surface area contributed by atoms with E-state index in [0.29, 0.717) is 0 Å². The van der Waals surface area contributed by atoms with Gasteiger partial charge in [-0.05, 0) is 17.6 Å². The summed E-state index contributed by atoms with van der Waals surface area (Å²) in [4.78, 5) is 3.93. The summed E-state index contributed by atoms with van der Waals surface area (Å²) in [6.45, 7) is 0. The minimum absolute atomic E-state index is 0.855. The van der Waals surface area contributed by atoms with Gasteiger partial charge >= 0.3 is 0 Å². The van der Waals surface area contributed by atoms with Crippen molar-refractivity contribution in [1.29, 1.82) is 0 Å². The second kappa shape index (κ2) is 1.79. The molecule has 0 spiro atoms. The monoisotopic (exact) mass is 137 g/mol. The van der Waals surface area contributed by atoms with E-state index in [-0.39, 0.29) is 0 Å². The number of furan rings is 1. The van der Waals surface area contributed by atoms with Crippen molar-refractivity contribution in [2.75, 3.05) is 0 Å². The molecular weight excluding hydrogens is 134 g/mol. The lowest BCUT2D eigenvalue weighted by atomic mass is 10.5. The van der Waals surface area contributed by atoms with Crippen LogP contribution in [0.15, 0.2) is 32.2 Å². The molecule has 1 aromatic heterocycles. The van der Waals surface area contributed by atoms with E-state index in [0.717, 1.165) is 10.8 Å². The summed E-state index contributed by atoms with van der Waals surface area (Å²) in [7, 11) is 0. The Morgan fingerprint density at radius 1 is 1.67 bits per heavy atom. The SMILES string of the molecule is C1=CSc2occc2N=1. The van der Waals surface area contributed by atoms with Crippen molar-refractivity contribution >= 4 is 23.3 Å². The first-order chi connectivity index (χ1) is 4.47. The van der Waals surface area contributed by atoms with Crippen molar-refractivity contribution in [3.8, 4) is 0 Å². The molecular formula is C6H3NOS. The van der Waals surface area contributed by atoms with E-state index in [1.54, 1.807) is 11.7 Å². The van der Waals surface area contributed by atoms with Crippen molar-refractivity contribution < 1.29 is 4.42 Å². The van der Waals surface area contributed by atoms with Crippen LogP contribution < -0.4 is 0 Å². The van der Waals surface area contributed by atoms with E-state index in [1.807, 2.05) is 6.07 Å². The maximum absolute atomic E-state index is 5.05. The van der Waals surface area contributed by atoms with Crippen molar-refractivity contribution in [2.45, 2.75) is 5.09 Å². The van der Waals surface area contributed by atoms with Crippen LogP contribution in [-0.4, -0.2) is 5.87 Å². The van der Waals surface area contributed by atoms with Gasteiger partial charge in [-0.2, -0.15) is 0 Å². The lowest BCUT2D eigenvalue weighted by Gasteiger charge is -1.91. The Balaban J connectivity index is 2.65. The first kappa shape index (κ1) is 4.91. The molecule has 0 radical (unpaired) electrons. The zero-order chi connectivity index (χ0) is 6.10. The fourth-order valence-electron chi connectivity index (χ4n) is 0.636. The van der Waals surface area contributed by atoms with E-state index in [2.05, 4.69) is 10.9 Å². The van der Waals surface area contributed by atoms with Gasteiger partial charge in [0.25, 0.3) is 0 Å². The molecule has 2 rings (SSSR count). The van der Waals surface area contributed by atoms with E-state index in [9.17, 15) is 0 Å². The number of hydrogen-bond donors (Lipinski definition) is 0. The highest BCUT2D eigenvalue weighted by Gasteiger charge is 2.04. The van der Waals surface area contributed by atoms with E-state index in [4.69, 9.17) is 4.42 Å². The van der Waals surface area contributed by atoms with E-state index in [1.165, 1.54) is 11.8 Å². The molecule has 0 amide bonds. The van der Waals surface area contributed by atoms with Crippen LogP contribution >= 0.6 is 11.8 Å². The van der Waals surface area contributed by atoms with Gasteiger partial charge in [0.15, 0.2) is 5.09 Å². The third-order valence-electron chi connectivity index (χ3n) is 1.01. The molecule has 44 valence electrons. The molecule has 9 heavy (non-hydrogen) atoms. The lowest BCUT2D eigenvalue weighted by molar-refractivity contribution is 0.476. The molecule has 3 heteroatoms. The number of hydrogen-bond acceptors (Lipinski definition) is 3. The van der Waals surface area contributed by atoms with Crippen molar-refractivity contribution in [2.24, 2.45) is 4.99 Å². The maximum Gasteiger partial charge on any atom is 0.191 e. The summed E-state index contributed by atoms with van der Waals surface area (Å²) >= 11 is 1.50. The second-order valence-corrected chi connectivity index (χ2v) is 2.41. The van der Waals surface area contributed by atoms with Crippen LogP contribution in [0.5, 0.6) is 0 Å². The third-order valence-corrected chi connectivity index (χ3v) is 1.76. The first-order valence-electron chi connectivity index (χ1n) is 2.49. The van der Waals surface area contributed by atoms with Crippen LogP contribution in [-0.2, 0) is 0 Å². The van der Waals surface area contributed by atoms with Gasteiger partial charge in [-0.25, -0.2) is 4.99 Å². The van der Waals surface area contributed by atoms with Gasteiger partial charge in [0, 0.05) is 11.5 Å². The van der Waals surface area contributed by atoms with Gasteiger partial charge in [0.1, 0.15) is 5.69 Å². The molecule has 2 heterocycles. The second-order valence-electron chi connectivity index (χ2n) is 1.57. The van der Waals surface area contributed by atoms with Crippen LogP contribution in [0.25, 0.3) is 0 Å². The Hall–Kier alpha value is -0.920. The van der Waals surface area contributed by atoms with Crippen molar-refractivity contribution in [3.63, 3.8) is 0 Å². The molecule has 0 N–H and O–H groups in total. The van der Waals surface area contributed by atoms with Crippen LogP contribution in [0, 0.1) is 0 Å². The molecule has 0 unspecified atom stereocenters. The highest BCUT2D eigenvalue weighted by Crippen LogP contribution is 2.32. The zero-order valence-corrected chi connectivity index (χ0v) is 5.31. The van der Waals surface area contributed by atoms with E-state index >= 15 is 0 Å². The Labute approximate surface area is 56.3 Å². The summed E-state index contributed by atoms with van der Waals surface area (Å²) < 4.78 is 5.05. The molecule has 0 saturated carbocycles. The number of thioether (sulfide) groups is 1. The fraction of sp³-hybridized carbons (Fsp3) is 0. The summed E-state index contributed by atoms with van der Waals surface area (Å²) in [6.07, 6.45) is 1.63. The summed E-state index contributed by atoms with van der Waals surface area (Å²) in [5, 5.41) is 2.63. The number of rotatable bonds is 0. The zero-order valence-electron chi connectivity index (χ0n) is 4.50. The Kier molecular flexibility index (Phi) is 0.979.